The maximum Gasteiger partial charge on any atom is 0.0416 e. The molecule has 0 aliphatic heterocycles. The molecule has 0 spiro atoms. The lowest BCUT2D eigenvalue weighted by Gasteiger charge is -2.31. The third kappa shape index (κ3) is 7.58. The second-order valence-corrected chi connectivity index (χ2v) is 7.16. The van der Waals surface area contributed by atoms with Crippen LogP contribution in [0.15, 0.2) is 24.4 Å². The Morgan fingerprint density at radius 2 is 1.95 bits per heavy atom. The third-order valence-electron chi connectivity index (χ3n) is 4.31. The zero-order valence-electron chi connectivity index (χ0n) is 14.3. The Morgan fingerprint density at radius 3 is 2.52 bits per heavy atom. The predicted molar refractivity (Wildman–Crippen MR) is 91.3 cm³/mol. The van der Waals surface area contributed by atoms with Crippen LogP contribution in [0.5, 0.6) is 0 Å². The monoisotopic (exact) mass is 291 g/mol. The molecule has 1 aromatic rings. The minimum atomic E-state index is 0.367. The van der Waals surface area contributed by atoms with E-state index in [4.69, 9.17) is 5.73 Å². The topological polar surface area (TPSA) is 42.1 Å². The van der Waals surface area contributed by atoms with Gasteiger partial charge in [0.2, 0.25) is 0 Å². The van der Waals surface area contributed by atoms with Gasteiger partial charge >= 0.3 is 0 Å². The maximum absolute atomic E-state index is 5.75. The van der Waals surface area contributed by atoms with E-state index in [0.29, 0.717) is 5.41 Å². The van der Waals surface area contributed by atoms with Crippen LogP contribution in [0.25, 0.3) is 0 Å². The lowest BCUT2D eigenvalue weighted by Crippen LogP contribution is -2.26. The third-order valence-corrected chi connectivity index (χ3v) is 4.31. The van der Waals surface area contributed by atoms with E-state index in [-0.39, 0.29) is 0 Å². The zero-order valence-corrected chi connectivity index (χ0v) is 14.3. The number of likely N-dealkylation sites (N-methyl/N-ethyl adjacent to an activating group) is 1. The highest BCUT2D eigenvalue weighted by atomic mass is 15.1. The van der Waals surface area contributed by atoms with Crippen LogP contribution in [0.3, 0.4) is 0 Å². The fourth-order valence-electron chi connectivity index (χ4n) is 2.78. The van der Waals surface area contributed by atoms with Gasteiger partial charge in [-0.05, 0) is 62.9 Å². The van der Waals surface area contributed by atoms with E-state index in [1.165, 1.54) is 18.5 Å². The molecule has 0 aromatic carbocycles. The number of nitrogens with two attached hydrogens (primary N) is 1. The molecule has 0 saturated carbocycles. The fourth-order valence-corrected chi connectivity index (χ4v) is 2.78. The Morgan fingerprint density at radius 1 is 1.19 bits per heavy atom. The van der Waals surface area contributed by atoms with Crippen molar-refractivity contribution in [2.75, 3.05) is 26.7 Å². The minimum absolute atomic E-state index is 0.367. The quantitative estimate of drug-likeness (QED) is 0.758. The molecule has 2 N–H and O–H groups in total. The van der Waals surface area contributed by atoms with Gasteiger partial charge in [-0.2, -0.15) is 0 Å². The van der Waals surface area contributed by atoms with E-state index in [1.807, 2.05) is 12.3 Å². The molecular weight excluding hydrogens is 258 g/mol. The number of hydrogen-bond acceptors (Lipinski definition) is 3. The summed E-state index contributed by atoms with van der Waals surface area (Å²) >= 11 is 0. The summed E-state index contributed by atoms with van der Waals surface area (Å²) in [5.41, 5.74) is 7.30. The van der Waals surface area contributed by atoms with Crippen LogP contribution < -0.4 is 5.73 Å². The second kappa shape index (κ2) is 9.16. The Balaban J connectivity index is 2.24. The Hall–Kier alpha value is -0.930. The van der Waals surface area contributed by atoms with Crippen LogP contribution in [0, 0.1) is 11.3 Å². The maximum atomic E-state index is 5.75. The first kappa shape index (κ1) is 18.1. The van der Waals surface area contributed by atoms with Gasteiger partial charge in [-0.1, -0.05) is 26.8 Å². The van der Waals surface area contributed by atoms with E-state index in [2.05, 4.69) is 49.8 Å². The van der Waals surface area contributed by atoms with Gasteiger partial charge in [0.05, 0.1) is 0 Å². The van der Waals surface area contributed by atoms with Crippen LogP contribution in [-0.4, -0.2) is 36.6 Å². The molecular formula is C18H33N3. The second-order valence-electron chi connectivity index (χ2n) is 7.16. The summed E-state index contributed by atoms with van der Waals surface area (Å²) in [6, 6.07) is 6.13. The summed E-state index contributed by atoms with van der Waals surface area (Å²) in [5.74, 6) is 0.728. The molecule has 1 rings (SSSR count). The molecule has 1 atom stereocenters. The first-order valence-corrected chi connectivity index (χ1v) is 8.22. The molecule has 0 saturated heterocycles. The zero-order chi connectivity index (χ0) is 15.7. The molecule has 0 aliphatic rings. The summed E-state index contributed by atoms with van der Waals surface area (Å²) in [6.45, 7) is 10.0. The van der Waals surface area contributed by atoms with E-state index < -0.39 is 0 Å². The normalized spacial score (nSPS) is 13.6. The molecule has 0 fully saturated rings. The van der Waals surface area contributed by atoms with Gasteiger partial charge < -0.3 is 10.6 Å². The smallest absolute Gasteiger partial charge is 0.0416 e. The molecule has 0 bridgehead atoms. The van der Waals surface area contributed by atoms with Crippen LogP contribution >= 0.6 is 0 Å². The molecule has 3 nitrogen and oxygen atoms in total. The lowest BCUT2D eigenvalue weighted by molar-refractivity contribution is 0.200. The molecule has 3 heteroatoms. The SMILES string of the molecule is CN(CCCC(CCN)C(C)(C)C)CCc1ccccn1. The van der Waals surface area contributed by atoms with Gasteiger partial charge in [-0.25, -0.2) is 0 Å². The average Bonchev–Trinajstić information content (AvgIpc) is 2.44. The number of rotatable bonds is 9. The van der Waals surface area contributed by atoms with Crippen molar-refractivity contribution in [2.24, 2.45) is 17.1 Å². The Kier molecular flexibility index (Phi) is 7.91. The highest BCUT2D eigenvalue weighted by Gasteiger charge is 2.23. The van der Waals surface area contributed by atoms with Crippen molar-refractivity contribution in [1.82, 2.24) is 9.88 Å². The van der Waals surface area contributed by atoms with Gasteiger partial charge in [-0.3, -0.25) is 4.98 Å². The van der Waals surface area contributed by atoms with Crippen molar-refractivity contribution in [1.29, 1.82) is 0 Å². The van der Waals surface area contributed by atoms with Crippen LogP contribution in [0.2, 0.25) is 0 Å². The van der Waals surface area contributed by atoms with Crippen molar-refractivity contribution in [3.63, 3.8) is 0 Å². The van der Waals surface area contributed by atoms with Crippen LogP contribution in [-0.2, 0) is 6.42 Å². The van der Waals surface area contributed by atoms with Gasteiger partial charge in [0, 0.05) is 24.9 Å². The van der Waals surface area contributed by atoms with E-state index in [1.54, 1.807) is 0 Å². The molecule has 1 unspecified atom stereocenters. The highest BCUT2D eigenvalue weighted by Crippen LogP contribution is 2.32. The van der Waals surface area contributed by atoms with E-state index in [0.717, 1.165) is 38.4 Å². The Labute approximate surface area is 130 Å². The minimum Gasteiger partial charge on any atom is -0.330 e. The molecule has 1 aromatic heterocycles. The summed E-state index contributed by atoms with van der Waals surface area (Å²) in [5, 5.41) is 0. The van der Waals surface area contributed by atoms with Crippen molar-refractivity contribution in [3.8, 4) is 0 Å². The largest absolute Gasteiger partial charge is 0.330 e. The van der Waals surface area contributed by atoms with E-state index in [9.17, 15) is 0 Å². The van der Waals surface area contributed by atoms with Gasteiger partial charge in [0.1, 0.15) is 0 Å². The van der Waals surface area contributed by atoms with Gasteiger partial charge in [0.15, 0.2) is 0 Å². The molecule has 21 heavy (non-hydrogen) atoms. The Bertz CT molecular complexity index is 370. The van der Waals surface area contributed by atoms with Crippen LogP contribution in [0.1, 0.15) is 45.7 Å². The molecule has 120 valence electrons. The summed E-state index contributed by atoms with van der Waals surface area (Å²) in [7, 11) is 2.21. The standard InChI is InChI=1S/C18H33N3/c1-18(2,3)16(10-12-19)8-7-14-21(4)15-11-17-9-5-6-13-20-17/h5-6,9,13,16H,7-8,10-12,14-15,19H2,1-4H3. The number of aromatic nitrogens is 1. The predicted octanol–water partition coefficient (Wildman–Crippen LogP) is 3.35. The van der Waals surface area contributed by atoms with Crippen LogP contribution in [0.4, 0.5) is 0 Å². The van der Waals surface area contributed by atoms with Gasteiger partial charge in [0.25, 0.3) is 0 Å². The summed E-state index contributed by atoms with van der Waals surface area (Å²) in [4.78, 5) is 6.79. The average molecular weight is 291 g/mol. The number of nitrogens with zero attached hydrogens (tertiary/aromatic N) is 2. The van der Waals surface area contributed by atoms with Crippen molar-refractivity contribution >= 4 is 0 Å². The first-order valence-electron chi connectivity index (χ1n) is 8.22. The number of hydrogen-bond donors (Lipinski definition) is 1. The lowest BCUT2D eigenvalue weighted by atomic mass is 9.76. The van der Waals surface area contributed by atoms with Crippen molar-refractivity contribution in [3.05, 3.63) is 30.1 Å². The molecule has 0 amide bonds. The molecule has 0 aliphatic carbocycles. The van der Waals surface area contributed by atoms with Gasteiger partial charge in [-0.15, -0.1) is 0 Å². The molecule has 1 heterocycles. The molecule has 0 radical (unpaired) electrons. The number of pyridine rings is 1. The van der Waals surface area contributed by atoms with E-state index >= 15 is 0 Å². The van der Waals surface area contributed by atoms with Crippen molar-refractivity contribution in [2.45, 2.75) is 46.5 Å². The highest BCUT2D eigenvalue weighted by molar-refractivity contribution is 5.03. The summed E-state index contributed by atoms with van der Waals surface area (Å²) in [6.07, 6.45) is 6.56. The van der Waals surface area contributed by atoms with Crippen molar-refractivity contribution < 1.29 is 0 Å². The fraction of sp³-hybridized carbons (Fsp3) is 0.722. The summed E-state index contributed by atoms with van der Waals surface area (Å²) < 4.78 is 0. The first-order chi connectivity index (χ1) is 9.93.